The van der Waals surface area contributed by atoms with Gasteiger partial charge in [0.05, 0.1) is 12.5 Å². The lowest BCUT2D eigenvalue weighted by Gasteiger charge is -2.36. The molecule has 0 spiro atoms. The van der Waals surface area contributed by atoms with Crippen molar-refractivity contribution in [3.8, 4) is 0 Å². The monoisotopic (exact) mass is 358 g/mol. The van der Waals surface area contributed by atoms with E-state index in [1.165, 1.54) is 6.26 Å². The van der Waals surface area contributed by atoms with E-state index in [1.807, 2.05) is 17.0 Å². The molecular formula is C19H26N4O3. The molecule has 3 rings (SSSR count). The molecular weight excluding hydrogens is 332 g/mol. The predicted octanol–water partition coefficient (Wildman–Crippen LogP) is 2.23. The molecule has 2 aromatic rings. The zero-order valence-corrected chi connectivity index (χ0v) is 15.4. The Hall–Kier alpha value is -2.70. The Bertz CT molecular complexity index is 699. The Kier molecular flexibility index (Phi) is 5.99. The van der Waals surface area contributed by atoms with Crippen LogP contribution in [0.3, 0.4) is 0 Å². The van der Waals surface area contributed by atoms with Gasteiger partial charge >= 0.3 is 0 Å². The molecule has 1 fully saturated rings. The third-order valence-electron chi connectivity index (χ3n) is 4.22. The summed E-state index contributed by atoms with van der Waals surface area (Å²) in [6.07, 6.45) is 3.98. The second kappa shape index (κ2) is 8.60. The first-order valence-corrected chi connectivity index (χ1v) is 9.04. The van der Waals surface area contributed by atoms with Gasteiger partial charge in [0.1, 0.15) is 5.76 Å². The third kappa shape index (κ3) is 4.68. The van der Waals surface area contributed by atoms with E-state index < -0.39 is 0 Å². The van der Waals surface area contributed by atoms with Gasteiger partial charge in [0.25, 0.3) is 5.91 Å². The van der Waals surface area contributed by atoms with E-state index in [1.54, 1.807) is 18.4 Å². The summed E-state index contributed by atoms with van der Waals surface area (Å²) in [6.45, 7) is 7.64. The number of hydrogen-bond acceptors (Lipinski definition) is 4. The number of rotatable bonds is 5. The number of hydrogen-bond donors (Lipinski definition) is 1. The Morgan fingerprint density at radius 2 is 1.81 bits per heavy atom. The minimum atomic E-state index is -0.0530. The van der Waals surface area contributed by atoms with Crippen molar-refractivity contribution < 1.29 is 13.6 Å². The zero-order valence-electron chi connectivity index (χ0n) is 15.4. The van der Waals surface area contributed by atoms with Crippen LogP contribution in [0.25, 0.3) is 0 Å². The van der Waals surface area contributed by atoms with Crippen LogP contribution in [0, 0.1) is 0 Å². The summed E-state index contributed by atoms with van der Waals surface area (Å²) in [5.74, 6) is 2.16. The Morgan fingerprint density at radius 1 is 1.12 bits per heavy atom. The fraction of sp³-hybridized carbons (Fsp3) is 0.474. The normalized spacial score (nSPS) is 15.6. The minimum absolute atomic E-state index is 0.0530. The van der Waals surface area contributed by atoms with Gasteiger partial charge in [-0.1, -0.05) is 0 Å². The van der Waals surface area contributed by atoms with Crippen LogP contribution < -0.4 is 5.32 Å². The molecule has 1 amide bonds. The molecule has 1 aliphatic heterocycles. The van der Waals surface area contributed by atoms with Crippen LogP contribution in [0.5, 0.6) is 0 Å². The molecule has 140 valence electrons. The van der Waals surface area contributed by atoms with Crippen molar-refractivity contribution in [3.63, 3.8) is 0 Å². The second-order valence-electron chi connectivity index (χ2n) is 6.59. The highest BCUT2D eigenvalue weighted by molar-refractivity contribution is 5.91. The van der Waals surface area contributed by atoms with E-state index in [0.29, 0.717) is 31.4 Å². The quantitative estimate of drug-likeness (QED) is 0.655. The summed E-state index contributed by atoms with van der Waals surface area (Å²) in [5, 5.41) is 3.42. The van der Waals surface area contributed by atoms with Crippen LogP contribution in [0.1, 0.15) is 30.2 Å². The molecule has 0 aromatic carbocycles. The molecule has 2 aromatic heterocycles. The van der Waals surface area contributed by atoms with E-state index in [9.17, 15) is 4.79 Å². The number of carbonyl (C=O) groups excluding carboxylic acids is 1. The fourth-order valence-corrected chi connectivity index (χ4v) is 2.90. The van der Waals surface area contributed by atoms with Crippen LogP contribution >= 0.6 is 0 Å². The standard InChI is InChI=1S/C19H26N4O3/c1-15(2)21-19(20-8-7-16-5-3-13-25-16)23-11-9-22(10-12-23)18(24)17-6-4-14-26-17/h3-6,13-15H,7-12H2,1-2H3,(H,20,21). The molecule has 7 nitrogen and oxygen atoms in total. The molecule has 3 heterocycles. The number of amides is 1. The zero-order chi connectivity index (χ0) is 18.4. The Balaban J connectivity index is 1.56. The molecule has 0 radical (unpaired) electrons. The molecule has 0 atom stereocenters. The van der Waals surface area contributed by atoms with E-state index in [4.69, 9.17) is 13.8 Å². The predicted molar refractivity (Wildman–Crippen MR) is 99.2 cm³/mol. The number of piperazine rings is 1. The summed E-state index contributed by atoms with van der Waals surface area (Å²) < 4.78 is 10.6. The van der Waals surface area contributed by atoms with Gasteiger partial charge in [-0.2, -0.15) is 0 Å². The van der Waals surface area contributed by atoms with E-state index in [2.05, 4.69) is 24.1 Å². The van der Waals surface area contributed by atoms with Crippen LogP contribution in [0.4, 0.5) is 0 Å². The van der Waals surface area contributed by atoms with Crippen LogP contribution in [-0.2, 0) is 6.42 Å². The van der Waals surface area contributed by atoms with Gasteiger partial charge in [0.2, 0.25) is 0 Å². The van der Waals surface area contributed by atoms with Gasteiger partial charge in [0, 0.05) is 45.2 Å². The number of guanidine groups is 1. The third-order valence-corrected chi connectivity index (χ3v) is 4.22. The van der Waals surface area contributed by atoms with Crippen LogP contribution in [-0.4, -0.2) is 60.4 Å². The Morgan fingerprint density at radius 3 is 2.42 bits per heavy atom. The summed E-state index contributed by atoms with van der Waals surface area (Å²) >= 11 is 0. The maximum Gasteiger partial charge on any atom is 0.289 e. The molecule has 1 aliphatic rings. The maximum absolute atomic E-state index is 12.4. The fourth-order valence-electron chi connectivity index (χ4n) is 2.90. The lowest BCUT2D eigenvalue weighted by atomic mass is 10.3. The van der Waals surface area contributed by atoms with Gasteiger partial charge in [-0.25, -0.2) is 0 Å². The Labute approximate surface area is 153 Å². The van der Waals surface area contributed by atoms with Gasteiger partial charge in [0.15, 0.2) is 11.7 Å². The van der Waals surface area contributed by atoms with Crippen molar-refractivity contribution in [2.45, 2.75) is 26.3 Å². The highest BCUT2D eigenvalue weighted by Gasteiger charge is 2.25. The molecule has 0 bridgehead atoms. The van der Waals surface area contributed by atoms with Crippen molar-refractivity contribution in [1.82, 2.24) is 15.1 Å². The van der Waals surface area contributed by atoms with Crippen molar-refractivity contribution in [2.75, 3.05) is 32.7 Å². The van der Waals surface area contributed by atoms with Crippen molar-refractivity contribution in [2.24, 2.45) is 4.99 Å². The summed E-state index contributed by atoms with van der Waals surface area (Å²) in [6, 6.07) is 7.59. The average Bonchev–Trinajstić information content (AvgIpc) is 3.34. The molecule has 1 saturated heterocycles. The van der Waals surface area contributed by atoms with E-state index in [0.717, 1.165) is 31.2 Å². The summed E-state index contributed by atoms with van der Waals surface area (Å²) in [7, 11) is 0. The lowest BCUT2D eigenvalue weighted by Crippen LogP contribution is -2.54. The maximum atomic E-state index is 12.4. The first kappa shape index (κ1) is 18.1. The topological polar surface area (TPSA) is 74.2 Å². The van der Waals surface area contributed by atoms with Gasteiger partial charge in [-0.15, -0.1) is 0 Å². The lowest BCUT2D eigenvalue weighted by molar-refractivity contribution is 0.0657. The van der Waals surface area contributed by atoms with Crippen molar-refractivity contribution in [3.05, 3.63) is 48.3 Å². The molecule has 26 heavy (non-hydrogen) atoms. The average molecular weight is 358 g/mol. The molecule has 1 N–H and O–H groups in total. The smallest absolute Gasteiger partial charge is 0.289 e. The molecule has 0 unspecified atom stereocenters. The number of aliphatic imine (C=N–C) groups is 1. The van der Waals surface area contributed by atoms with E-state index in [-0.39, 0.29) is 5.91 Å². The van der Waals surface area contributed by atoms with Crippen LogP contribution in [0.15, 0.2) is 50.6 Å². The molecule has 0 aliphatic carbocycles. The van der Waals surface area contributed by atoms with Gasteiger partial charge in [-0.05, 0) is 38.1 Å². The number of nitrogens with zero attached hydrogens (tertiary/aromatic N) is 3. The molecule has 7 heteroatoms. The molecule has 0 saturated carbocycles. The SMILES string of the molecule is CC(C)NC(=NCCc1ccco1)N1CCN(C(=O)c2ccco2)CC1. The highest BCUT2D eigenvalue weighted by Crippen LogP contribution is 2.10. The first-order chi connectivity index (χ1) is 12.6. The number of furan rings is 2. The summed E-state index contributed by atoms with van der Waals surface area (Å²) in [5.41, 5.74) is 0. The largest absolute Gasteiger partial charge is 0.469 e. The van der Waals surface area contributed by atoms with Crippen LogP contribution in [0.2, 0.25) is 0 Å². The van der Waals surface area contributed by atoms with Crippen molar-refractivity contribution in [1.29, 1.82) is 0 Å². The first-order valence-electron chi connectivity index (χ1n) is 9.04. The summed E-state index contributed by atoms with van der Waals surface area (Å²) in [4.78, 5) is 21.1. The van der Waals surface area contributed by atoms with Gasteiger partial charge in [-0.3, -0.25) is 9.79 Å². The minimum Gasteiger partial charge on any atom is -0.469 e. The second-order valence-corrected chi connectivity index (χ2v) is 6.59. The number of nitrogens with one attached hydrogen (secondary N) is 1. The van der Waals surface area contributed by atoms with E-state index >= 15 is 0 Å². The van der Waals surface area contributed by atoms with Gasteiger partial charge < -0.3 is 24.0 Å². The highest BCUT2D eigenvalue weighted by atomic mass is 16.3. The number of carbonyl (C=O) groups is 1. The van der Waals surface area contributed by atoms with Crippen molar-refractivity contribution >= 4 is 11.9 Å².